The molecule has 3 aromatic rings. The van der Waals surface area contributed by atoms with E-state index in [1.807, 2.05) is 36.4 Å². The topological polar surface area (TPSA) is 122 Å². The summed E-state index contributed by atoms with van der Waals surface area (Å²) in [5.74, 6) is -1.07. The molecule has 4 rings (SSSR count). The molecule has 1 fully saturated rings. The van der Waals surface area contributed by atoms with Crippen molar-refractivity contribution in [1.29, 1.82) is 0 Å². The lowest BCUT2D eigenvalue weighted by Crippen LogP contribution is -2.52. The minimum Gasteiger partial charge on any atom is -0.342 e. The summed E-state index contributed by atoms with van der Waals surface area (Å²) in [5.41, 5.74) is 1.64. The number of amides is 3. The molecule has 2 atom stereocenters. The predicted octanol–water partition coefficient (Wildman–Crippen LogP) is 3.57. The van der Waals surface area contributed by atoms with Crippen LogP contribution in [-0.4, -0.2) is 46.2 Å². The number of hydrogen-bond acceptors (Lipinski definition) is 5. The number of nitro groups is 1. The van der Waals surface area contributed by atoms with Crippen molar-refractivity contribution in [2.75, 3.05) is 11.9 Å². The molecule has 0 radical (unpaired) electrons. The fourth-order valence-corrected chi connectivity index (χ4v) is 4.25. The summed E-state index contributed by atoms with van der Waals surface area (Å²) in [6, 6.07) is 22.0. The lowest BCUT2D eigenvalue weighted by Gasteiger charge is -2.26. The van der Waals surface area contributed by atoms with Gasteiger partial charge in [0.1, 0.15) is 12.1 Å². The van der Waals surface area contributed by atoms with Gasteiger partial charge in [-0.25, -0.2) is 0 Å². The average Bonchev–Trinajstić information content (AvgIpc) is 3.39. The summed E-state index contributed by atoms with van der Waals surface area (Å²) in [6.45, 7) is 0.462. The molecule has 1 heterocycles. The van der Waals surface area contributed by atoms with Crippen LogP contribution in [0.3, 0.4) is 0 Å². The minimum atomic E-state index is -0.913. The maximum absolute atomic E-state index is 13.3. The van der Waals surface area contributed by atoms with E-state index < -0.39 is 28.8 Å². The highest BCUT2D eigenvalue weighted by molar-refractivity contribution is 6.00. The van der Waals surface area contributed by atoms with Gasteiger partial charge >= 0.3 is 0 Å². The Morgan fingerprint density at radius 3 is 2.22 bits per heavy atom. The summed E-state index contributed by atoms with van der Waals surface area (Å²) >= 11 is 0. The van der Waals surface area contributed by atoms with E-state index in [0.29, 0.717) is 30.6 Å². The molecule has 0 unspecified atom stereocenters. The van der Waals surface area contributed by atoms with Gasteiger partial charge in [0.05, 0.1) is 4.92 Å². The summed E-state index contributed by atoms with van der Waals surface area (Å²) in [6.07, 6.45) is 1.44. The predicted molar refractivity (Wildman–Crippen MR) is 134 cm³/mol. The molecule has 1 aliphatic rings. The third kappa shape index (κ3) is 5.93. The van der Waals surface area contributed by atoms with Gasteiger partial charge in [-0.1, -0.05) is 48.5 Å². The Morgan fingerprint density at radius 1 is 0.944 bits per heavy atom. The third-order valence-corrected chi connectivity index (χ3v) is 6.10. The van der Waals surface area contributed by atoms with Crippen molar-refractivity contribution in [3.63, 3.8) is 0 Å². The normalized spacial score (nSPS) is 15.7. The summed E-state index contributed by atoms with van der Waals surface area (Å²) in [4.78, 5) is 51.4. The number of rotatable bonds is 8. The number of nitrogens with zero attached hydrogens (tertiary/aromatic N) is 2. The number of hydrogen-bond donors (Lipinski definition) is 2. The molecule has 3 aromatic carbocycles. The second kappa shape index (κ2) is 11.3. The zero-order valence-electron chi connectivity index (χ0n) is 19.5. The number of anilines is 1. The first kappa shape index (κ1) is 24.6. The molecule has 9 heteroatoms. The van der Waals surface area contributed by atoms with Crippen LogP contribution in [0.4, 0.5) is 11.4 Å². The Balaban J connectivity index is 1.50. The lowest BCUT2D eigenvalue weighted by molar-refractivity contribution is -0.384. The Bertz CT molecular complexity index is 1230. The highest BCUT2D eigenvalue weighted by Crippen LogP contribution is 2.21. The van der Waals surface area contributed by atoms with E-state index in [-0.39, 0.29) is 18.0 Å². The van der Waals surface area contributed by atoms with Crippen LogP contribution in [0.2, 0.25) is 0 Å². The van der Waals surface area contributed by atoms with E-state index in [9.17, 15) is 24.5 Å². The molecular formula is C27H26N4O5. The van der Waals surface area contributed by atoms with Crippen LogP contribution in [0.1, 0.15) is 28.8 Å². The molecule has 36 heavy (non-hydrogen) atoms. The molecule has 1 aliphatic heterocycles. The summed E-state index contributed by atoms with van der Waals surface area (Å²) in [5, 5.41) is 16.5. The van der Waals surface area contributed by atoms with Crippen molar-refractivity contribution in [2.45, 2.75) is 31.3 Å². The summed E-state index contributed by atoms with van der Waals surface area (Å²) in [7, 11) is 0. The molecular weight excluding hydrogens is 460 g/mol. The molecule has 0 saturated carbocycles. The van der Waals surface area contributed by atoms with Gasteiger partial charge in [-0.05, 0) is 42.7 Å². The molecule has 184 valence electrons. The maximum atomic E-state index is 13.3. The van der Waals surface area contributed by atoms with Gasteiger partial charge in [0, 0.05) is 36.3 Å². The second-order valence-corrected chi connectivity index (χ2v) is 8.57. The van der Waals surface area contributed by atoms with Crippen LogP contribution in [-0.2, 0) is 16.0 Å². The minimum absolute atomic E-state index is 0.0912. The van der Waals surface area contributed by atoms with Gasteiger partial charge in [0.25, 0.3) is 11.6 Å². The van der Waals surface area contributed by atoms with Crippen LogP contribution in [0.5, 0.6) is 0 Å². The van der Waals surface area contributed by atoms with Crippen LogP contribution in [0.15, 0.2) is 84.9 Å². The molecule has 0 spiro atoms. The number of likely N-dealkylation sites (tertiary alicyclic amines) is 1. The average molecular weight is 487 g/mol. The molecule has 9 nitrogen and oxygen atoms in total. The first-order valence-electron chi connectivity index (χ1n) is 11.7. The van der Waals surface area contributed by atoms with Crippen LogP contribution < -0.4 is 10.6 Å². The van der Waals surface area contributed by atoms with Crippen LogP contribution in [0.25, 0.3) is 0 Å². The highest BCUT2D eigenvalue weighted by Gasteiger charge is 2.36. The SMILES string of the molecule is O=C(Nc1ccc([N+](=O)[O-])cc1)[C@H](Cc1ccccc1)NC(=O)[C@@H]1CCCN1C(=O)c1ccccc1. The van der Waals surface area contributed by atoms with E-state index in [4.69, 9.17) is 0 Å². The Kier molecular flexibility index (Phi) is 7.69. The number of nitrogens with one attached hydrogen (secondary N) is 2. The van der Waals surface area contributed by atoms with Gasteiger partial charge in [-0.2, -0.15) is 0 Å². The van der Waals surface area contributed by atoms with Gasteiger partial charge < -0.3 is 15.5 Å². The Hall–Kier alpha value is -4.53. The monoisotopic (exact) mass is 486 g/mol. The largest absolute Gasteiger partial charge is 0.342 e. The zero-order valence-corrected chi connectivity index (χ0v) is 19.5. The molecule has 0 aromatic heterocycles. The molecule has 0 bridgehead atoms. The van der Waals surface area contributed by atoms with Crippen molar-refractivity contribution in [2.24, 2.45) is 0 Å². The first-order valence-corrected chi connectivity index (χ1v) is 11.7. The molecule has 2 N–H and O–H groups in total. The second-order valence-electron chi connectivity index (χ2n) is 8.57. The van der Waals surface area contributed by atoms with E-state index >= 15 is 0 Å². The maximum Gasteiger partial charge on any atom is 0.269 e. The van der Waals surface area contributed by atoms with Crippen molar-refractivity contribution >= 4 is 29.1 Å². The molecule has 1 saturated heterocycles. The van der Waals surface area contributed by atoms with Gasteiger partial charge in [-0.15, -0.1) is 0 Å². The zero-order chi connectivity index (χ0) is 25.5. The van der Waals surface area contributed by atoms with Crippen molar-refractivity contribution < 1.29 is 19.3 Å². The molecule has 0 aliphatic carbocycles. The van der Waals surface area contributed by atoms with E-state index in [0.717, 1.165) is 5.56 Å². The molecule has 3 amide bonds. The van der Waals surface area contributed by atoms with E-state index in [1.165, 1.54) is 24.3 Å². The van der Waals surface area contributed by atoms with Crippen LogP contribution >= 0.6 is 0 Å². The first-order chi connectivity index (χ1) is 17.4. The fourth-order valence-electron chi connectivity index (χ4n) is 4.25. The lowest BCUT2D eigenvalue weighted by atomic mass is 10.0. The van der Waals surface area contributed by atoms with Gasteiger partial charge in [0.15, 0.2) is 0 Å². The Morgan fingerprint density at radius 2 is 1.58 bits per heavy atom. The van der Waals surface area contributed by atoms with Crippen molar-refractivity contribution in [3.8, 4) is 0 Å². The standard InChI is InChI=1S/C27H26N4O5/c32-25(28-21-13-15-22(16-14-21)31(35)36)23(18-19-8-3-1-4-9-19)29-26(33)24-12-7-17-30(24)27(34)20-10-5-2-6-11-20/h1-6,8-11,13-16,23-24H,7,12,17-18H2,(H,28,32)(H,29,33)/t23-,24-/m0/s1. The van der Waals surface area contributed by atoms with Gasteiger partial charge in [0.2, 0.25) is 11.8 Å². The van der Waals surface area contributed by atoms with Crippen LogP contribution in [0, 0.1) is 10.1 Å². The highest BCUT2D eigenvalue weighted by atomic mass is 16.6. The fraction of sp³-hybridized carbons (Fsp3) is 0.222. The van der Waals surface area contributed by atoms with Crippen molar-refractivity contribution in [1.82, 2.24) is 10.2 Å². The van der Waals surface area contributed by atoms with E-state index in [1.54, 1.807) is 29.2 Å². The summed E-state index contributed by atoms with van der Waals surface area (Å²) < 4.78 is 0. The number of nitro benzene ring substituents is 1. The smallest absolute Gasteiger partial charge is 0.269 e. The van der Waals surface area contributed by atoms with Gasteiger partial charge in [-0.3, -0.25) is 24.5 Å². The number of non-ortho nitro benzene ring substituents is 1. The third-order valence-electron chi connectivity index (χ3n) is 6.10. The van der Waals surface area contributed by atoms with Crippen molar-refractivity contribution in [3.05, 3.63) is 106 Å². The quantitative estimate of drug-likeness (QED) is 0.372. The number of carbonyl (C=O) groups is 3. The van der Waals surface area contributed by atoms with E-state index in [2.05, 4.69) is 10.6 Å². The Labute approximate surface area is 208 Å². The number of benzene rings is 3. The number of carbonyl (C=O) groups excluding carboxylic acids is 3.